The van der Waals surface area contributed by atoms with E-state index in [1.54, 1.807) is 37.3 Å². The van der Waals surface area contributed by atoms with E-state index in [1.165, 1.54) is 24.3 Å². The minimum Gasteiger partial charge on any atom is -0.492 e. The maximum absolute atomic E-state index is 13.4. The van der Waals surface area contributed by atoms with E-state index in [1.807, 2.05) is 0 Å². The van der Waals surface area contributed by atoms with Crippen LogP contribution >= 0.6 is 0 Å². The molecule has 10 heteroatoms. The lowest BCUT2D eigenvalue weighted by Gasteiger charge is -2.21. The molecule has 0 saturated carbocycles. The van der Waals surface area contributed by atoms with Gasteiger partial charge in [0.25, 0.3) is 0 Å². The first-order valence-corrected chi connectivity index (χ1v) is 9.84. The fourth-order valence-corrected chi connectivity index (χ4v) is 3.72. The minimum absolute atomic E-state index is 0.0101. The predicted octanol–water partition coefficient (Wildman–Crippen LogP) is 4.06. The van der Waals surface area contributed by atoms with Crippen LogP contribution in [0.3, 0.4) is 0 Å². The van der Waals surface area contributed by atoms with E-state index >= 15 is 0 Å². The monoisotopic (exact) mass is 454 g/mol. The molecule has 5 rings (SSSR count). The first-order valence-electron chi connectivity index (χ1n) is 9.84. The van der Waals surface area contributed by atoms with Crippen LogP contribution in [0.4, 0.5) is 14.6 Å². The van der Waals surface area contributed by atoms with Crippen LogP contribution in [-0.4, -0.2) is 34.9 Å². The van der Waals surface area contributed by atoms with Crippen LogP contribution in [0.25, 0.3) is 11.3 Å². The highest BCUT2D eigenvalue weighted by Crippen LogP contribution is 2.50. The molecule has 0 bridgehead atoms. The van der Waals surface area contributed by atoms with Gasteiger partial charge in [-0.2, -0.15) is 0 Å². The summed E-state index contributed by atoms with van der Waals surface area (Å²) < 4.78 is 41.3. The highest BCUT2D eigenvalue weighted by Gasteiger charge is 2.48. The van der Waals surface area contributed by atoms with E-state index in [-0.39, 0.29) is 35.2 Å². The smallest absolute Gasteiger partial charge is 0.492 e. The molecule has 3 aromatic rings. The Bertz CT molecular complexity index is 1290. The molecule has 0 unspecified atom stereocenters. The van der Waals surface area contributed by atoms with Gasteiger partial charge in [0, 0.05) is 17.2 Å². The molecule has 0 fully saturated rings. The number of carboxylic acid groups (broad SMARTS) is 1. The van der Waals surface area contributed by atoms with Gasteiger partial charge in [0.2, 0.25) is 5.91 Å². The molecule has 8 nitrogen and oxygen atoms in total. The fourth-order valence-electron chi connectivity index (χ4n) is 3.72. The molecule has 0 saturated heterocycles. The summed E-state index contributed by atoms with van der Waals surface area (Å²) in [5.74, 6) is -1.29. The van der Waals surface area contributed by atoms with Gasteiger partial charge in [-0.3, -0.25) is 4.79 Å². The summed E-state index contributed by atoms with van der Waals surface area (Å²) in [6, 6.07) is 13.8. The zero-order valence-corrected chi connectivity index (χ0v) is 17.1. The van der Waals surface area contributed by atoms with E-state index in [0.717, 1.165) is 0 Å². The molecule has 3 heterocycles. The molecule has 0 radical (unpaired) electrons. The lowest BCUT2D eigenvalue weighted by Crippen LogP contribution is -2.39. The molecule has 0 spiro atoms. The van der Waals surface area contributed by atoms with Gasteiger partial charge < -0.3 is 24.6 Å². The zero-order chi connectivity index (χ0) is 23.4. The summed E-state index contributed by atoms with van der Waals surface area (Å²) in [6.45, 7) is 1.62. The number of nitrogens with one attached hydrogen (secondary N) is 1. The summed E-state index contributed by atoms with van der Waals surface area (Å²) in [6.07, 6.45) is -3.77. The number of carbonyl (C=O) groups excluding carboxylic acids is 1. The number of nitrogens with zero attached hydrogens (tertiary/aromatic N) is 1. The Morgan fingerprint density at radius 2 is 1.73 bits per heavy atom. The van der Waals surface area contributed by atoms with Gasteiger partial charge in [-0.15, -0.1) is 8.78 Å². The van der Waals surface area contributed by atoms with Gasteiger partial charge in [0.1, 0.15) is 23.6 Å². The molecule has 33 heavy (non-hydrogen) atoms. The van der Waals surface area contributed by atoms with Crippen molar-refractivity contribution in [1.29, 1.82) is 0 Å². The van der Waals surface area contributed by atoms with Crippen molar-refractivity contribution < 1.29 is 37.7 Å². The number of fused-ring (bicyclic) bond motifs is 2. The Morgan fingerprint density at radius 1 is 1.03 bits per heavy atom. The number of aromatic nitrogens is 1. The minimum atomic E-state index is -3.77. The van der Waals surface area contributed by atoms with Crippen molar-refractivity contribution in [3.8, 4) is 28.5 Å². The molecule has 2 aromatic carbocycles. The third-order valence-electron chi connectivity index (χ3n) is 5.53. The van der Waals surface area contributed by atoms with Crippen LogP contribution in [-0.2, 0) is 10.2 Å². The SMILES string of the molecule is C[C@]1(C(=O)Nc2cccc(-c3ccc(C(=O)O)cc3)n2)COc2cc3c(cc21)OC(F)(F)O3. The van der Waals surface area contributed by atoms with Gasteiger partial charge in [-0.05, 0) is 37.3 Å². The van der Waals surface area contributed by atoms with Crippen LogP contribution in [0.5, 0.6) is 17.2 Å². The maximum atomic E-state index is 13.4. The maximum Gasteiger partial charge on any atom is 0.586 e. The number of aromatic carboxylic acids is 1. The number of ether oxygens (including phenoxy) is 3. The van der Waals surface area contributed by atoms with Crippen LogP contribution in [0.2, 0.25) is 0 Å². The number of benzene rings is 2. The Labute approximate surface area is 185 Å². The number of carbonyl (C=O) groups is 2. The highest BCUT2D eigenvalue weighted by molar-refractivity contribution is 6.00. The molecule has 2 N–H and O–H groups in total. The van der Waals surface area contributed by atoms with Gasteiger partial charge in [-0.25, -0.2) is 9.78 Å². The summed E-state index contributed by atoms with van der Waals surface area (Å²) in [7, 11) is 0. The summed E-state index contributed by atoms with van der Waals surface area (Å²) >= 11 is 0. The van der Waals surface area contributed by atoms with Crippen LogP contribution in [0.1, 0.15) is 22.8 Å². The highest BCUT2D eigenvalue weighted by atomic mass is 19.3. The third-order valence-corrected chi connectivity index (χ3v) is 5.53. The number of amides is 1. The molecule has 1 amide bonds. The van der Waals surface area contributed by atoms with Crippen LogP contribution in [0, 0.1) is 0 Å². The van der Waals surface area contributed by atoms with E-state index in [4.69, 9.17) is 9.84 Å². The van der Waals surface area contributed by atoms with E-state index in [2.05, 4.69) is 19.8 Å². The first kappa shape index (κ1) is 20.7. The molecular weight excluding hydrogens is 438 g/mol. The Kier molecular flexibility index (Phi) is 4.48. The second-order valence-corrected chi connectivity index (χ2v) is 7.83. The van der Waals surface area contributed by atoms with Crippen LogP contribution in [0.15, 0.2) is 54.6 Å². The van der Waals surface area contributed by atoms with Gasteiger partial charge in [-0.1, -0.05) is 18.2 Å². The largest absolute Gasteiger partial charge is 0.586 e. The number of rotatable bonds is 4. The number of anilines is 1. The van der Waals surface area contributed by atoms with Crippen molar-refractivity contribution in [3.63, 3.8) is 0 Å². The van der Waals surface area contributed by atoms with Crippen molar-refractivity contribution in [2.75, 3.05) is 11.9 Å². The number of halogens is 2. The van der Waals surface area contributed by atoms with E-state index < -0.39 is 23.6 Å². The first-order chi connectivity index (χ1) is 15.6. The van der Waals surface area contributed by atoms with Gasteiger partial charge in [0.15, 0.2) is 11.5 Å². The number of hydrogen-bond donors (Lipinski definition) is 2. The number of alkyl halides is 2. The molecule has 168 valence electrons. The summed E-state index contributed by atoms with van der Waals surface area (Å²) in [5.41, 5.74) is 0.552. The van der Waals surface area contributed by atoms with Crippen molar-refractivity contribution >= 4 is 17.7 Å². The van der Waals surface area contributed by atoms with Crippen molar-refractivity contribution in [3.05, 3.63) is 65.7 Å². The van der Waals surface area contributed by atoms with Crippen LogP contribution < -0.4 is 19.5 Å². The Balaban J connectivity index is 1.39. The molecule has 2 aliphatic rings. The second kappa shape index (κ2) is 7.16. The number of hydrogen-bond acceptors (Lipinski definition) is 6. The molecule has 2 aliphatic heterocycles. The van der Waals surface area contributed by atoms with Gasteiger partial charge in [0.05, 0.1) is 11.3 Å². The predicted molar refractivity (Wildman–Crippen MR) is 111 cm³/mol. The molecule has 0 aliphatic carbocycles. The number of pyridine rings is 1. The zero-order valence-electron chi connectivity index (χ0n) is 17.1. The standard InChI is InChI=1S/C23H16F2N2O6/c1-22(11-31-16-10-18-17(9-14(16)22)32-23(24,25)33-18)21(30)27-19-4-2-3-15(26-19)12-5-7-13(8-6-12)20(28)29/h2-10H,11H2,1H3,(H,28,29)(H,26,27,30)/t22-/m0/s1. The van der Waals surface area contributed by atoms with Crippen molar-refractivity contribution in [2.24, 2.45) is 0 Å². The molecule has 1 aromatic heterocycles. The van der Waals surface area contributed by atoms with E-state index in [0.29, 0.717) is 16.8 Å². The molecular formula is C23H16F2N2O6. The third kappa shape index (κ3) is 3.59. The van der Waals surface area contributed by atoms with E-state index in [9.17, 15) is 18.4 Å². The summed E-state index contributed by atoms with van der Waals surface area (Å²) in [5, 5.41) is 11.8. The lowest BCUT2D eigenvalue weighted by atomic mass is 9.83. The van der Waals surface area contributed by atoms with Crippen molar-refractivity contribution in [2.45, 2.75) is 18.6 Å². The normalized spacial score (nSPS) is 19.5. The average molecular weight is 454 g/mol. The lowest BCUT2D eigenvalue weighted by molar-refractivity contribution is -0.286. The average Bonchev–Trinajstić information content (AvgIpc) is 3.27. The Hall–Kier alpha value is -4.21. The quantitative estimate of drug-likeness (QED) is 0.612. The van der Waals surface area contributed by atoms with Gasteiger partial charge >= 0.3 is 12.3 Å². The summed E-state index contributed by atoms with van der Waals surface area (Å²) in [4.78, 5) is 28.6. The Morgan fingerprint density at radius 3 is 2.42 bits per heavy atom. The topological polar surface area (TPSA) is 107 Å². The van der Waals surface area contributed by atoms with Crippen molar-refractivity contribution in [1.82, 2.24) is 4.98 Å². The number of carboxylic acids is 1. The fraction of sp³-hybridized carbons (Fsp3) is 0.174. The molecule has 1 atom stereocenters. The second-order valence-electron chi connectivity index (χ2n) is 7.83.